The zero-order valence-corrected chi connectivity index (χ0v) is 9.05. The van der Waals surface area contributed by atoms with Crippen LogP contribution in [0.3, 0.4) is 0 Å². The minimum atomic E-state index is 0.705. The van der Waals surface area contributed by atoms with Crippen LogP contribution >= 0.6 is 12.2 Å². The molecule has 0 heterocycles. The Balaban J connectivity index is 2.88. The van der Waals surface area contributed by atoms with Crippen molar-refractivity contribution in [3.63, 3.8) is 0 Å². The van der Waals surface area contributed by atoms with Gasteiger partial charge in [0.05, 0.1) is 0 Å². The second-order valence-electron chi connectivity index (χ2n) is 2.79. The maximum Gasteiger partial charge on any atom is 0.173 e. The highest BCUT2D eigenvalue weighted by molar-refractivity contribution is 7.80. The lowest BCUT2D eigenvalue weighted by atomic mass is 10.3. The van der Waals surface area contributed by atoms with E-state index in [1.54, 1.807) is 0 Å². The van der Waals surface area contributed by atoms with Gasteiger partial charge in [0, 0.05) is 19.3 Å². The molecule has 1 aromatic rings. The Labute approximate surface area is 90.2 Å². The van der Waals surface area contributed by atoms with E-state index in [0.717, 1.165) is 5.69 Å². The van der Waals surface area contributed by atoms with Crippen molar-refractivity contribution >= 4 is 23.0 Å². The SMILES string of the molecule is C=CCN(C(=S)NC)c1ccccc1. The molecule has 0 fully saturated rings. The third-order valence-electron chi connectivity index (χ3n) is 1.84. The molecule has 0 unspecified atom stereocenters. The predicted octanol–water partition coefficient (Wildman–Crippen LogP) is 2.18. The van der Waals surface area contributed by atoms with Crippen molar-refractivity contribution in [1.29, 1.82) is 0 Å². The molecular formula is C11H14N2S. The molecule has 0 aliphatic rings. The van der Waals surface area contributed by atoms with Gasteiger partial charge in [-0.15, -0.1) is 6.58 Å². The molecule has 3 heteroatoms. The van der Waals surface area contributed by atoms with E-state index in [4.69, 9.17) is 12.2 Å². The fraction of sp³-hybridized carbons (Fsp3) is 0.182. The first-order chi connectivity index (χ1) is 6.79. The molecule has 1 N–H and O–H groups in total. The van der Waals surface area contributed by atoms with Gasteiger partial charge in [0.2, 0.25) is 0 Å². The molecular weight excluding hydrogens is 192 g/mol. The van der Waals surface area contributed by atoms with Gasteiger partial charge in [0.1, 0.15) is 0 Å². The van der Waals surface area contributed by atoms with Gasteiger partial charge in [-0.3, -0.25) is 0 Å². The lowest BCUT2D eigenvalue weighted by Gasteiger charge is -2.23. The summed E-state index contributed by atoms with van der Waals surface area (Å²) in [6, 6.07) is 10.0. The Kier molecular flexibility index (Phi) is 4.13. The predicted molar refractivity (Wildman–Crippen MR) is 65.6 cm³/mol. The molecule has 0 aromatic heterocycles. The van der Waals surface area contributed by atoms with E-state index in [2.05, 4.69) is 11.9 Å². The molecule has 0 bridgehead atoms. The Bertz CT molecular complexity index is 308. The standard InChI is InChI=1S/C11H14N2S/c1-3-9-13(11(14)12-2)10-7-5-4-6-8-10/h3-8H,1,9H2,2H3,(H,12,14). The molecule has 0 radical (unpaired) electrons. The summed E-state index contributed by atoms with van der Waals surface area (Å²) in [5, 5.41) is 3.66. The van der Waals surface area contributed by atoms with Crippen molar-refractivity contribution in [2.24, 2.45) is 0 Å². The van der Waals surface area contributed by atoms with Crippen LogP contribution in [0.5, 0.6) is 0 Å². The van der Waals surface area contributed by atoms with E-state index >= 15 is 0 Å². The molecule has 14 heavy (non-hydrogen) atoms. The average molecular weight is 206 g/mol. The van der Waals surface area contributed by atoms with Crippen molar-refractivity contribution in [2.75, 3.05) is 18.5 Å². The van der Waals surface area contributed by atoms with Crippen molar-refractivity contribution < 1.29 is 0 Å². The number of anilines is 1. The lowest BCUT2D eigenvalue weighted by molar-refractivity contribution is 1.06. The fourth-order valence-corrected chi connectivity index (χ4v) is 1.36. The largest absolute Gasteiger partial charge is 0.365 e. The Morgan fingerprint density at radius 3 is 2.64 bits per heavy atom. The van der Waals surface area contributed by atoms with E-state index in [9.17, 15) is 0 Å². The molecule has 0 aliphatic heterocycles. The topological polar surface area (TPSA) is 15.3 Å². The number of thiocarbonyl (C=S) groups is 1. The van der Waals surface area contributed by atoms with Gasteiger partial charge < -0.3 is 10.2 Å². The summed E-state index contributed by atoms with van der Waals surface area (Å²) in [5.74, 6) is 0. The van der Waals surface area contributed by atoms with Crippen molar-refractivity contribution in [3.05, 3.63) is 43.0 Å². The van der Waals surface area contributed by atoms with E-state index in [1.165, 1.54) is 0 Å². The Hall–Kier alpha value is -1.35. The number of para-hydroxylation sites is 1. The normalized spacial score (nSPS) is 9.21. The molecule has 0 atom stereocenters. The Morgan fingerprint density at radius 2 is 2.14 bits per heavy atom. The maximum absolute atomic E-state index is 5.19. The second-order valence-corrected chi connectivity index (χ2v) is 3.18. The van der Waals surface area contributed by atoms with Crippen LogP contribution in [0.2, 0.25) is 0 Å². The first kappa shape index (κ1) is 10.7. The van der Waals surface area contributed by atoms with Gasteiger partial charge in [-0.1, -0.05) is 24.3 Å². The molecule has 0 amide bonds. The summed E-state index contributed by atoms with van der Waals surface area (Å²) in [4.78, 5) is 1.99. The van der Waals surface area contributed by atoms with Gasteiger partial charge in [0.25, 0.3) is 0 Å². The number of hydrogen-bond acceptors (Lipinski definition) is 1. The molecule has 2 nitrogen and oxygen atoms in total. The molecule has 0 spiro atoms. The maximum atomic E-state index is 5.19. The summed E-state index contributed by atoms with van der Waals surface area (Å²) >= 11 is 5.19. The Morgan fingerprint density at radius 1 is 1.50 bits per heavy atom. The van der Waals surface area contributed by atoms with Crippen LogP contribution < -0.4 is 10.2 Å². The fourth-order valence-electron chi connectivity index (χ4n) is 1.18. The third kappa shape index (κ3) is 2.57. The van der Waals surface area contributed by atoms with Crippen LogP contribution in [0.15, 0.2) is 43.0 Å². The average Bonchev–Trinajstić information content (AvgIpc) is 2.26. The summed E-state index contributed by atoms with van der Waals surface area (Å²) in [6.45, 7) is 4.43. The number of benzene rings is 1. The second kappa shape index (κ2) is 5.40. The molecule has 0 saturated heterocycles. The first-order valence-electron chi connectivity index (χ1n) is 4.44. The minimum Gasteiger partial charge on any atom is -0.365 e. The van der Waals surface area contributed by atoms with Gasteiger partial charge in [-0.05, 0) is 24.4 Å². The highest BCUT2D eigenvalue weighted by Crippen LogP contribution is 2.12. The smallest absolute Gasteiger partial charge is 0.173 e. The summed E-state index contributed by atoms with van der Waals surface area (Å²) in [5.41, 5.74) is 1.08. The van der Waals surface area contributed by atoms with Crippen LogP contribution in [0.1, 0.15) is 0 Å². The van der Waals surface area contributed by atoms with Gasteiger partial charge >= 0.3 is 0 Å². The van der Waals surface area contributed by atoms with Crippen LogP contribution in [-0.4, -0.2) is 18.7 Å². The zero-order chi connectivity index (χ0) is 10.4. The number of rotatable bonds is 3. The van der Waals surface area contributed by atoms with Crippen LogP contribution in [-0.2, 0) is 0 Å². The summed E-state index contributed by atoms with van der Waals surface area (Å²) in [6.07, 6.45) is 1.83. The van der Waals surface area contributed by atoms with Crippen LogP contribution in [0, 0.1) is 0 Å². The monoisotopic (exact) mass is 206 g/mol. The minimum absolute atomic E-state index is 0.705. The number of nitrogens with zero attached hydrogens (tertiary/aromatic N) is 1. The molecule has 74 valence electrons. The number of hydrogen-bond donors (Lipinski definition) is 1. The van der Waals surface area contributed by atoms with Crippen molar-refractivity contribution in [1.82, 2.24) is 5.32 Å². The van der Waals surface area contributed by atoms with E-state index < -0.39 is 0 Å². The summed E-state index contributed by atoms with van der Waals surface area (Å²) < 4.78 is 0. The molecule has 1 aromatic carbocycles. The highest BCUT2D eigenvalue weighted by Gasteiger charge is 2.07. The zero-order valence-electron chi connectivity index (χ0n) is 8.23. The highest BCUT2D eigenvalue weighted by atomic mass is 32.1. The molecule has 0 aliphatic carbocycles. The van der Waals surface area contributed by atoms with Gasteiger partial charge in [-0.2, -0.15) is 0 Å². The quantitative estimate of drug-likeness (QED) is 0.603. The third-order valence-corrected chi connectivity index (χ3v) is 2.26. The van der Waals surface area contributed by atoms with Crippen LogP contribution in [0.25, 0.3) is 0 Å². The van der Waals surface area contributed by atoms with E-state index in [-0.39, 0.29) is 0 Å². The van der Waals surface area contributed by atoms with Gasteiger partial charge in [0.15, 0.2) is 5.11 Å². The summed E-state index contributed by atoms with van der Waals surface area (Å²) in [7, 11) is 1.82. The van der Waals surface area contributed by atoms with Crippen molar-refractivity contribution in [3.8, 4) is 0 Å². The molecule has 0 saturated carbocycles. The van der Waals surface area contributed by atoms with E-state index in [1.807, 2.05) is 48.4 Å². The molecule has 1 rings (SSSR count). The van der Waals surface area contributed by atoms with Gasteiger partial charge in [-0.25, -0.2) is 0 Å². The van der Waals surface area contributed by atoms with Crippen LogP contribution in [0.4, 0.5) is 5.69 Å². The first-order valence-corrected chi connectivity index (χ1v) is 4.85. The lowest BCUT2D eigenvalue weighted by Crippen LogP contribution is -2.37. The van der Waals surface area contributed by atoms with E-state index in [0.29, 0.717) is 11.7 Å². The van der Waals surface area contributed by atoms with Crippen molar-refractivity contribution in [2.45, 2.75) is 0 Å². The number of nitrogens with one attached hydrogen (secondary N) is 1.